The maximum atomic E-state index is 11.5. The fraction of sp³-hybridized carbons (Fsp3) is 0.667. The van der Waals surface area contributed by atoms with Crippen molar-refractivity contribution in [2.24, 2.45) is 5.92 Å². The van der Waals surface area contributed by atoms with E-state index in [1.165, 1.54) is 32.1 Å². The topological polar surface area (TPSA) is 34.0 Å². The van der Waals surface area contributed by atoms with Crippen LogP contribution in [-0.4, -0.2) is 17.2 Å². The summed E-state index contributed by atoms with van der Waals surface area (Å²) in [6, 6.07) is 5.98. The number of hydrogen-bond donors (Lipinski definition) is 1. The Labute approximate surface area is 109 Å². The van der Waals surface area contributed by atoms with Crippen molar-refractivity contribution in [1.82, 2.24) is 9.88 Å². The second-order valence-electron chi connectivity index (χ2n) is 5.31. The van der Waals surface area contributed by atoms with Gasteiger partial charge in [0.05, 0.1) is 0 Å². The SMILES string of the molecule is CCC1CCC(NCCn2ccccc2=O)CC1. The zero-order chi connectivity index (χ0) is 12.8. The van der Waals surface area contributed by atoms with Gasteiger partial charge in [0.25, 0.3) is 5.56 Å². The van der Waals surface area contributed by atoms with E-state index in [2.05, 4.69) is 12.2 Å². The van der Waals surface area contributed by atoms with Crippen molar-refractivity contribution < 1.29 is 0 Å². The molecule has 0 amide bonds. The molecule has 3 heteroatoms. The molecule has 1 N–H and O–H groups in total. The minimum absolute atomic E-state index is 0.0917. The van der Waals surface area contributed by atoms with Crippen molar-refractivity contribution in [3.63, 3.8) is 0 Å². The van der Waals surface area contributed by atoms with Crippen molar-refractivity contribution in [2.45, 2.75) is 51.6 Å². The van der Waals surface area contributed by atoms with Crippen LogP contribution < -0.4 is 10.9 Å². The Balaban J connectivity index is 1.70. The number of pyridine rings is 1. The first-order valence-electron chi connectivity index (χ1n) is 7.18. The molecule has 0 atom stereocenters. The highest BCUT2D eigenvalue weighted by Crippen LogP contribution is 2.26. The summed E-state index contributed by atoms with van der Waals surface area (Å²) in [5.74, 6) is 0.944. The van der Waals surface area contributed by atoms with Crippen LogP contribution in [0.15, 0.2) is 29.2 Å². The predicted octanol–water partition coefficient (Wildman–Crippen LogP) is 2.41. The summed E-state index contributed by atoms with van der Waals surface area (Å²) in [7, 11) is 0. The summed E-state index contributed by atoms with van der Waals surface area (Å²) >= 11 is 0. The average Bonchev–Trinajstić information content (AvgIpc) is 2.42. The first-order chi connectivity index (χ1) is 8.79. The molecule has 1 aromatic rings. The van der Waals surface area contributed by atoms with E-state index >= 15 is 0 Å². The monoisotopic (exact) mass is 248 g/mol. The Hall–Kier alpha value is -1.09. The quantitative estimate of drug-likeness (QED) is 0.868. The number of rotatable bonds is 5. The second kappa shape index (κ2) is 6.74. The fourth-order valence-electron chi connectivity index (χ4n) is 2.81. The highest BCUT2D eigenvalue weighted by molar-refractivity contribution is 4.93. The van der Waals surface area contributed by atoms with Crippen molar-refractivity contribution in [3.05, 3.63) is 34.7 Å². The van der Waals surface area contributed by atoms with Gasteiger partial charge in [0, 0.05) is 31.4 Å². The highest BCUT2D eigenvalue weighted by atomic mass is 16.1. The number of nitrogens with one attached hydrogen (secondary N) is 1. The number of nitrogens with zero attached hydrogens (tertiary/aromatic N) is 1. The summed E-state index contributed by atoms with van der Waals surface area (Å²) in [5, 5.41) is 3.58. The van der Waals surface area contributed by atoms with Crippen LogP contribution in [0.4, 0.5) is 0 Å². The smallest absolute Gasteiger partial charge is 0.250 e. The molecule has 3 nitrogen and oxygen atoms in total. The summed E-state index contributed by atoms with van der Waals surface area (Å²) in [5.41, 5.74) is 0.0917. The van der Waals surface area contributed by atoms with Gasteiger partial charge in [-0.3, -0.25) is 4.79 Å². The summed E-state index contributed by atoms with van der Waals surface area (Å²) in [6.45, 7) is 3.96. The van der Waals surface area contributed by atoms with E-state index in [4.69, 9.17) is 0 Å². The molecule has 100 valence electrons. The molecule has 2 rings (SSSR count). The molecule has 1 heterocycles. The lowest BCUT2D eigenvalue weighted by atomic mass is 9.84. The molecule has 1 fully saturated rings. The zero-order valence-corrected chi connectivity index (χ0v) is 11.3. The van der Waals surface area contributed by atoms with Crippen LogP contribution >= 0.6 is 0 Å². The largest absolute Gasteiger partial charge is 0.314 e. The summed E-state index contributed by atoms with van der Waals surface area (Å²) < 4.78 is 1.77. The van der Waals surface area contributed by atoms with E-state index in [1.807, 2.05) is 12.3 Å². The third-order valence-electron chi connectivity index (χ3n) is 4.11. The molecule has 1 saturated carbocycles. The van der Waals surface area contributed by atoms with Crippen LogP contribution in [0, 0.1) is 5.92 Å². The maximum absolute atomic E-state index is 11.5. The van der Waals surface area contributed by atoms with E-state index in [0.717, 1.165) is 19.0 Å². The van der Waals surface area contributed by atoms with Crippen molar-refractivity contribution in [3.8, 4) is 0 Å². The van der Waals surface area contributed by atoms with Gasteiger partial charge in [-0.2, -0.15) is 0 Å². The fourth-order valence-corrected chi connectivity index (χ4v) is 2.81. The Morgan fingerprint density at radius 1 is 1.28 bits per heavy atom. The van der Waals surface area contributed by atoms with Crippen molar-refractivity contribution in [2.75, 3.05) is 6.54 Å². The molecule has 0 aromatic carbocycles. The predicted molar refractivity (Wildman–Crippen MR) is 74.7 cm³/mol. The lowest BCUT2D eigenvalue weighted by Crippen LogP contribution is -2.36. The van der Waals surface area contributed by atoms with Gasteiger partial charge in [0.1, 0.15) is 0 Å². The Morgan fingerprint density at radius 3 is 2.72 bits per heavy atom. The number of aromatic nitrogens is 1. The van der Waals surface area contributed by atoms with Crippen LogP contribution in [-0.2, 0) is 6.54 Å². The van der Waals surface area contributed by atoms with Crippen LogP contribution in [0.1, 0.15) is 39.0 Å². The van der Waals surface area contributed by atoms with Gasteiger partial charge < -0.3 is 9.88 Å². The first-order valence-corrected chi connectivity index (χ1v) is 7.18. The van der Waals surface area contributed by atoms with E-state index in [1.54, 1.807) is 16.7 Å². The van der Waals surface area contributed by atoms with Crippen LogP contribution in [0.2, 0.25) is 0 Å². The van der Waals surface area contributed by atoms with Gasteiger partial charge in [-0.15, -0.1) is 0 Å². The first kappa shape index (κ1) is 13.3. The van der Waals surface area contributed by atoms with Gasteiger partial charge in [-0.05, 0) is 37.7 Å². The van der Waals surface area contributed by atoms with E-state index < -0.39 is 0 Å². The molecular weight excluding hydrogens is 224 g/mol. The molecule has 0 unspecified atom stereocenters. The van der Waals surface area contributed by atoms with Gasteiger partial charge in [0.15, 0.2) is 0 Å². The molecule has 1 aliphatic carbocycles. The zero-order valence-electron chi connectivity index (χ0n) is 11.3. The molecule has 18 heavy (non-hydrogen) atoms. The molecule has 1 aliphatic rings. The summed E-state index contributed by atoms with van der Waals surface area (Å²) in [6.07, 6.45) is 8.49. The normalized spacial score (nSPS) is 24.1. The number of hydrogen-bond acceptors (Lipinski definition) is 2. The van der Waals surface area contributed by atoms with E-state index in [-0.39, 0.29) is 5.56 Å². The maximum Gasteiger partial charge on any atom is 0.250 e. The van der Waals surface area contributed by atoms with Gasteiger partial charge in [-0.1, -0.05) is 19.4 Å². The molecule has 0 saturated heterocycles. The van der Waals surface area contributed by atoms with Crippen LogP contribution in [0.5, 0.6) is 0 Å². The molecule has 0 radical (unpaired) electrons. The Morgan fingerprint density at radius 2 is 2.06 bits per heavy atom. The molecule has 1 aromatic heterocycles. The van der Waals surface area contributed by atoms with E-state index in [9.17, 15) is 4.79 Å². The van der Waals surface area contributed by atoms with Crippen molar-refractivity contribution in [1.29, 1.82) is 0 Å². The average molecular weight is 248 g/mol. The van der Waals surface area contributed by atoms with Gasteiger partial charge >= 0.3 is 0 Å². The summed E-state index contributed by atoms with van der Waals surface area (Å²) in [4.78, 5) is 11.5. The Bertz CT molecular complexity index is 405. The van der Waals surface area contributed by atoms with Crippen molar-refractivity contribution >= 4 is 0 Å². The van der Waals surface area contributed by atoms with E-state index in [0.29, 0.717) is 6.04 Å². The van der Waals surface area contributed by atoms with Crippen LogP contribution in [0.25, 0.3) is 0 Å². The minimum Gasteiger partial charge on any atom is -0.314 e. The second-order valence-corrected chi connectivity index (χ2v) is 5.31. The molecule has 0 spiro atoms. The third-order valence-corrected chi connectivity index (χ3v) is 4.11. The van der Waals surface area contributed by atoms with Gasteiger partial charge in [-0.25, -0.2) is 0 Å². The third kappa shape index (κ3) is 3.70. The lowest BCUT2D eigenvalue weighted by Gasteiger charge is -2.28. The molecular formula is C15H24N2O. The highest BCUT2D eigenvalue weighted by Gasteiger charge is 2.18. The standard InChI is InChI=1S/C15H24N2O/c1-2-13-6-8-14(9-7-13)16-10-12-17-11-4-3-5-15(17)18/h3-5,11,13-14,16H,2,6-10,12H2,1H3. The minimum atomic E-state index is 0.0917. The Kier molecular flexibility index (Phi) is 5.00. The lowest BCUT2D eigenvalue weighted by molar-refractivity contribution is 0.284. The van der Waals surface area contributed by atoms with Gasteiger partial charge in [0.2, 0.25) is 0 Å². The molecule has 0 bridgehead atoms. The molecule has 0 aliphatic heterocycles. The van der Waals surface area contributed by atoms with Crippen LogP contribution in [0.3, 0.4) is 0 Å².